The van der Waals surface area contributed by atoms with Crippen LogP contribution in [0.25, 0.3) is 10.1 Å². The van der Waals surface area contributed by atoms with Gasteiger partial charge >= 0.3 is 0 Å². The zero-order valence-corrected chi connectivity index (χ0v) is 14.9. The van der Waals surface area contributed by atoms with Crippen molar-refractivity contribution in [1.82, 2.24) is 0 Å². The maximum atomic E-state index is 12.6. The number of methoxy groups -OCH3 is 1. The number of benzene rings is 2. The van der Waals surface area contributed by atoms with E-state index in [4.69, 9.17) is 25.8 Å². The highest BCUT2D eigenvalue weighted by molar-refractivity contribution is 7.21. The Hall–Kier alpha value is -2.44. The van der Waals surface area contributed by atoms with E-state index in [1.165, 1.54) is 11.3 Å². The highest BCUT2D eigenvalue weighted by atomic mass is 35.5. The Morgan fingerprint density at radius 3 is 2.76 bits per heavy atom. The van der Waals surface area contributed by atoms with Crippen molar-refractivity contribution in [3.05, 3.63) is 46.3 Å². The van der Waals surface area contributed by atoms with Crippen molar-refractivity contribution in [2.75, 3.05) is 25.6 Å². The zero-order chi connectivity index (χ0) is 17.4. The smallest absolute Gasteiger partial charge is 0.267 e. The van der Waals surface area contributed by atoms with Crippen molar-refractivity contribution in [2.24, 2.45) is 0 Å². The third-order valence-electron chi connectivity index (χ3n) is 3.84. The fourth-order valence-corrected chi connectivity index (χ4v) is 4.01. The molecule has 3 aromatic rings. The minimum Gasteiger partial charge on any atom is -0.497 e. The maximum Gasteiger partial charge on any atom is 0.267 e. The van der Waals surface area contributed by atoms with Gasteiger partial charge in [-0.1, -0.05) is 11.6 Å². The second kappa shape index (κ2) is 6.46. The van der Waals surface area contributed by atoms with Gasteiger partial charge in [-0.25, -0.2) is 0 Å². The summed E-state index contributed by atoms with van der Waals surface area (Å²) in [6.45, 7) is 1.02. The van der Waals surface area contributed by atoms with E-state index in [9.17, 15) is 4.79 Å². The highest BCUT2D eigenvalue weighted by Crippen LogP contribution is 2.38. The molecular weight excluding hydrogens is 362 g/mol. The van der Waals surface area contributed by atoms with Crippen molar-refractivity contribution >= 4 is 44.6 Å². The molecule has 0 saturated heterocycles. The van der Waals surface area contributed by atoms with E-state index >= 15 is 0 Å². The Balaban J connectivity index is 1.63. The number of nitrogens with one attached hydrogen (secondary N) is 1. The van der Waals surface area contributed by atoms with Gasteiger partial charge in [0.25, 0.3) is 5.91 Å². The second-order valence-electron chi connectivity index (χ2n) is 5.42. The standard InChI is InChI=1S/C18H14ClNO4S/c1-22-11-3-5-15-12(9-11)16(19)17(25-15)18(21)20-10-2-4-13-14(8-10)24-7-6-23-13/h2-5,8-9H,6-7H2,1H3,(H,20,21). The number of hydrogen-bond acceptors (Lipinski definition) is 5. The van der Waals surface area contributed by atoms with E-state index in [1.54, 1.807) is 25.3 Å². The molecule has 2 heterocycles. The fraction of sp³-hybridized carbons (Fsp3) is 0.167. The maximum absolute atomic E-state index is 12.6. The summed E-state index contributed by atoms with van der Waals surface area (Å²) < 4.78 is 17.2. The first-order chi connectivity index (χ1) is 12.2. The van der Waals surface area contributed by atoms with Crippen molar-refractivity contribution in [3.8, 4) is 17.2 Å². The number of halogens is 1. The Morgan fingerprint density at radius 2 is 1.96 bits per heavy atom. The molecule has 25 heavy (non-hydrogen) atoms. The molecule has 0 unspecified atom stereocenters. The van der Waals surface area contributed by atoms with Crippen LogP contribution in [0.2, 0.25) is 5.02 Å². The van der Waals surface area contributed by atoms with E-state index in [0.29, 0.717) is 46.0 Å². The van der Waals surface area contributed by atoms with Crippen LogP contribution in [-0.2, 0) is 0 Å². The molecule has 4 rings (SSSR count). The average Bonchev–Trinajstić information content (AvgIpc) is 2.98. The number of carbonyl (C=O) groups excluding carboxylic acids is 1. The molecule has 1 aliphatic heterocycles. The van der Waals surface area contributed by atoms with Gasteiger partial charge < -0.3 is 19.5 Å². The van der Waals surface area contributed by atoms with E-state index in [0.717, 1.165) is 10.1 Å². The van der Waals surface area contributed by atoms with E-state index < -0.39 is 0 Å². The SMILES string of the molecule is COc1ccc2sc(C(=O)Nc3ccc4c(c3)OCCO4)c(Cl)c2c1. The molecule has 1 amide bonds. The summed E-state index contributed by atoms with van der Waals surface area (Å²) >= 11 is 7.76. The first kappa shape index (κ1) is 16.1. The van der Waals surface area contributed by atoms with E-state index in [-0.39, 0.29) is 5.91 Å². The van der Waals surface area contributed by atoms with Gasteiger partial charge in [-0.2, -0.15) is 0 Å². The van der Waals surface area contributed by atoms with E-state index in [2.05, 4.69) is 5.32 Å². The van der Waals surface area contributed by atoms with Crippen LogP contribution in [0.1, 0.15) is 9.67 Å². The Morgan fingerprint density at radius 1 is 1.16 bits per heavy atom. The van der Waals surface area contributed by atoms with Crippen LogP contribution >= 0.6 is 22.9 Å². The fourth-order valence-electron chi connectivity index (χ4n) is 2.63. The minimum atomic E-state index is -0.262. The molecular formula is C18H14ClNO4S. The first-order valence-electron chi connectivity index (χ1n) is 7.63. The molecule has 1 aromatic heterocycles. The lowest BCUT2D eigenvalue weighted by atomic mass is 10.2. The van der Waals surface area contributed by atoms with Crippen LogP contribution < -0.4 is 19.5 Å². The molecule has 7 heteroatoms. The number of ether oxygens (including phenoxy) is 3. The van der Waals surface area contributed by atoms with Crippen LogP contribution in [0.4, 0.5) is 5.69 Å². The summed E-state index contributed by atoms with van der Waals surface area (Å²) in [5, 5.41) is 4.09. The van der Waals surface area contributed by atoms with Gasteiger partial charge in [-0.05, 0) is 30.3 Å². The van der Waals surface area contributed by atoms with Gasteiger partial charge in [0.1, 0.15) is 23.8 Å². The topological polar surface area (TPSA) is 56.8 Å². The van der Waals surface area contributed by atoms with Gasteiger partial charge in [-0.15, -0.1) is 11.3 Å². The summed E-state index contributed by atoms with van der Waals surface area (Å²) in [5.74, 6) is 1.74. The lowest BCUT2D eigenvalue weighted by molar-refractivity contribution is 0.103. The average molecular weight is 376 g/mol. The molecule has 0 aliphatic carbocycles. The van der Waals surface area contributed by atoms with Crippen molar-refractivity contribution in [3.63, 3.8) is 0 Å². The summed E-state index contributed by atoms with van der Waals surface area (Å²) in [4.78, 5) is 13.1. The molecule has 1 N–H and O–H groups in total. The molecule has 2 aromatic carbocycles. The number of amides is 1. The predicted molar refractivity (Wildman–Crippen MR) is 98.8 cm³/mol. The lowest BCUT2D eigenvalue weighted by Crippen LogP contribution is -2.16. The molecule has 0 radical (unpaired) electrons. The van der Waals surface area contributed by atoms with Gasteiger partial charge in [0.2, 0.25) is 0 Å². The largest absolute Gasteiger partial charge is 0.497 e. The number of thiophene rings is 1. The van der Waals surface area contributed by atoms with Gasteiger partial charge in [0.05, 0.1) is 12.1 Å². The van der Waals surface area contributed by atoms with Crippen molar-refractivity contribution < 1.29 is 19.0 Å². The van der Waals surface area contributed by atoms with Crippen LogP contribution in [0, 0.1) is 0 Å². The summed E-state index contributed by atoms with van der Waals surface area (Å²) in [7, 11) is 1.59. The van der Waals surface area contributed by atoms with Crippen LogP contribution in [-0.4, -0.2) is 26.2 Å². The molecule has 0 atom stereocenters. The summed E-state index contributed by atoms with van der Waals surface area (Å²) in [6, 6.07) is 10.9. The first-order valence-corrected chi connectivity index (χ1v) is 8.82. The molecule has 0 saturated carbocycles. The van der Waals surface area contributed by atoms with Crippen molar-refractivity contribution in [1.29, 1.82) is 0 Å². The normalized spacial score (nSPS) is 12.9. The van der Waals surface area contributed by atoms with Crippen LogP contribution in [0.15, 0.2) is 36.4 Å². The number of rotatable bonds is 3. The molecule has 0 spiro atoms. The molecule has 1 aliphatic rings. The monoisotopic (exact) mass is 375 g/mol. The number of anilines is 1. The van der Waals surface area contributed by atoms with Crippen LogP contribution in [0.3, 0.4) is 0 Å². The molecule has 0 bridgehead atoms. The Kier molecular flexibility index (Phi) is 4.15. The van der Waals surface area contributed by atoms with Gasteiger partial charge in [0, 0.05) is 21.8 Å². The number of hydrogen-bond donors (Lipinski definition) is 1. The second-order valence-corrected chi connectivity index (χ2v) is 6.85. The Bertz CT molecular complexity index is 969. The third-order valence-corrected chi connectivity index (χ3v) is 5.52. The minimum absolute atomic E-state index is 0.262. The number of carbonyl (C=O) groups is 1. The summed E-state index contributed by atoms with van der Waals surface area (Å²) in [6.07, 6.45) is 0. The molecule has 5 nitrogen and oxygen atoms in total. The van der Waals surface area contributed by atoms with E-state index in [1.807, 2.05) is 18.2 Å². The lowest BCUT2D eigenvalue weighted by Gasteiger charge is -2.18. The molecule has 128 valence electrons. The Labute approximate surface area is 153 Å². The molecule has 0 fully saturated rings. The predicted octanol–water partition coefficient (Wildman–Crippen LogP) is 4.59. The van der Waals surface area contributed by atoms with Gasteiger partial charge in [0.15, 0.2) is 11.5 Å². The highest BCUT2D eigenvalue weighted by Gasteiger charge is 2.19. The summed E-state index contributed by atoms with van der Waals surface area (Å²) in [5.41, 5.74) is 0.625. The van der Waals surface area contributed by atoms with Gasteiger partial charge in [-0.3, -0.25) is 4.79 Å². The zero-order valence-electron chi connectivity index (χ0n) is 13.3. The van der Waals surface area contributed by atoms with Crippen LogP contribution in [0.5, 0.6) is 17.2 Å². The van der Waals surface area contributed by atoms with Crippen molar-refractivity contribution in [2.45, 2.75) is 0 Å². The quantitative estimate of drug-likeness (QED) is 0.727. The number of fused-ring (bicyclic) bond motifs is 2. The third kappa shape index (κ3) is 2.99.